The van der Waals surface area contributed by atoms with Crippen LogP contribution in [0, 0.1) is 0 Å². The lowest BCUT2D eigenvalue weighted by atomic mass is 10.2. The van der Waals surface area contributed by atoms with Crippen LogP contribution in [0.4, 0.5) is 4.39 Å². The third-order valence-corrected chi connectivity index (χ3v) is 1.43. The van der Waals surface area contributed by atoms with Crippen molar-refractivity contribution in [3.05, 3.63) is 52.2 Å². The van der Waals surface area contributed by atoms with E-state index in [1.54, 1.807) is 30.3 Å². The summed E-state index contributed by atoms with van der Waals surface area (Å²) in [4.78, 5) is 12.9. The molecular weight excluding hydrogens is 185 g/mol. The molecule has 1 aromatic rings. The summed E-state index contributed by atoms with van der Waals surface area (Å²) in [6, 6.07) is 8.44. The zero-order valence-corrected chi connectivity index (χ0v) is 7.09. The Morgan fingerprint density at radius 3 is 2.64 bits per heavy atom. The van der Waals surface area contributed by atoms with E-state index in [4.69, 9.17) is 5.53 Å². The van der Waals surface area contributed by atoms with Crippen LogP contribution in [-0.4, -0.2) is 5.91 Å². The average Bonchev–Trinajstić information content (AvgIpc) is 2.19. The van der Waals surface area contributed by atoms with Crippen molar-refractivity contribution in [2.75, 3.05) is 0 Å². The van der Waals surface area contributed by atoms with Crippen LogP contribution >= 0.6 is 0 Å². The van der Waals surface area contributed by atoms with Gasteiger partial charge in [-0.25, -0.2) is 4.39 Å². The van der Waals surface area contributed by atoms with E-state index in [-0.39, 0.29) is 0 Å². The molecule has 0 radical (unpaired) electrons. The normalized spacial score (nSPS) is 10.5. The molecule has 0 heterocycles. The van der Waals surface area contributed by atoms with Crippen LogP contribution in [0.2, 0.25) is 0 Å². The number of hydrogen-bond donors (Lipinski definition) is 0. The maximum atomic E-state index is 12.9. The van der Waals surface area contributed by atoms with Crippen molar-refractivity contribution in [2.24, 2.45) is 5.11 Å². The minimum atomic E-state index is -1.21. The first kappa shape index (κ1) is 9.95. The van der Waals surface area contributed by atoms with Crippen molar-refractivity contribution in [3.8, 4) is 0 Å². The Bertz CT molecular complexity index is 407. The van der Waals surface area contributed by atoms with Gasteiger partial charge in [0.2, 0.25) is 0 Å². The Labute approximate surface area is 79.3 Å². The molecule has 0 unspecified atom stereocenters. The van der Waals surface area contributed by atoms with Gasteiger partial charge < -0.3 is 0 Å². The Balaban J connectivity index is 2.89. The maximum absolute atomic E-state index is 12.9. The molecule has 0 aliphatic rings. The number of carbonyl (C=O) groups is 1. The van der Waals surface area contributed by atoms with Crippen molar-refractivity contribution >= 4 is 12.0 Å². The molecule has 0 saturated carbocycles. The number of hydrogen-bond acceptors (Lipinski definition) is 1. The SMILES string of the molecule is [N-]=[N+]=NC(=O)/C(F)=C\c1ccccc1. The summed E-state index contributed by atoms with van der Waals surface area (Å²) in [5.74, 6) is -2.29. The number of nitrogens with zero attached hydrogens (tertiary/aromatic N) is 3. The van der Waals surface area contributed by atoms with Crippen LogP contribution in [0.1, 0.15) is 5.56 Å². The zero-order chi connectivity index (χ0) is 10.4. The van der Waals surface area contributed by atoms with Gasteiger partial charge in [-0.1, -0.05) is 30.3 Å². The van der Waals surface area contributed by atoms with Crippen LogP contribution in [0.5, 0.6) is 0 Å². The predicted molar refractivity (Wildman–Crippen MR) is 49.7 cm³/mol. The van der Waals surface area contributed by atoms with Crippen LogP contribution in [0.3, 0.4) is 0 Å². The topological polar surface area (TPSA) is 65.8 Å². The maximum Gasteiger partial charge on any atom is 0.277 e. The molecule has 4 nitrogen and oxygen atoms in total. The van der Waals surface area contributed by atoms with Crippen molar-refractivity contribution < 1.29 is 9.18 Å². The Morgan fingerprint density at radius 1 is 1.43 bits per heavy atom. The molecule has 5 heteroatoms. The van der Waals surface area contributed by atoms with Gasteiger partial charge in [-0.3, -0.25) is 4.79 Å². The standard InChI is InChI=1S/C9H6FN3O/c10-8(9(14)12-13-11)6-7-4-2-1-3-5-7/h1-6H/b8-6+. The quantitative estimate of drug-likeness (QED) is 0.306. The lowest BCUT2D eigenvalue weighted by Gasteiger charge is -1.91. The summed E-state index contributed by atoms with van der Waals surface area (Å²) >= 11 is 0. The number of carbonyl (C=O) groups excluding carboxylic acids is 1. The minimum absolute atomic E-state index is 0.534. The van der Waals surface area contributed by atoms with Gasteiger partial charge in [0.1, 0.15) is 0 Å². The second-order valence-corrected chi connectivity index (χ2v) is 2.40. The molecule has 1 amide bonds. The third-order valence-electron chi connectivity index (χ3n) is 1.43. The van der Waals surface area contributed by atoms with Crippen molar-refractivity contribution in [1.82, 2.24) is 0 Å². The van der Waals surface area contributed by atoms with E-state index in [0.29, 0.717) is 5.56 Å². The molecule has 1 rings (SSSR count). The Hall–Kier alpha value is -2.13. The first-order valence-electron chi connectivity index (χ1n) is 3.75. The highest BCUT2D eigenvalue weighted by Crippen LogP contribution is 2.08. The summed E-state index contributed by atoms with van der Waals surface area (Å²) in [6.07, 6.45) is 1.01. The fraction of sp³-hybridized carbons (Fsp3) is 0. The average molecular weight is 191 g/mol. The highest BCUT2D eigenvalue weighted by Gasteiger charge is 2.04. The molecule has 0 atom stereocenters. The molecule has 0 saturated heterocycles. The van der Waals surface area contributed by atoms with Crippen LogP contribution in [0.25, 0.3) is 16.5 Å². The molecule has 0 aromatic heterocycles. The Morgan fingerprint density at radius 2 is 2.07 bits per heavy atom. The van der Waals surface area contributed by atoms with Gasteiger partial charge in [-0.05, 0) is 22.3 Å². The molecule has 0 aliphatic heterocycles. The van der Waals surface area contributed by atoms with Gasteiger partial charge in [0, 0.05) is 4.91 Å². The van der Waals surface area contributed by atoms with Crippen LogP contribution in [0.15, 0.2) is 41.3 Å². The summed E-state index contributed by atoms with van der Waals surface area (Å²) in [5.41, 5.74) is 8.43. The van der Waals surface area contributed by atoms with Gasteiger partial charge in [-0.2, -0.15) is 0 Å². The fourth-order valence-corrected chi connectivity index (χ4v) is 0.846. The van der Waals surface area contributed by atoms with Gasteiger partial charge in [-0.15, -0.1) is 0 Å². The summed E-state index contributed by atoms with van der Waals surface area (Å²) in [5, 5.41) is 2.62. The van der Waals surface area contributed by atoms with Crippen molar-refractivity contribution in [1.29, 1.82) is 0 Å². The number of benzene rings is 1. The minimum Gasteiger partial charge on any atom is -0.284 e. The lowest BCUT2D eigenvalue weighted by Crippen LogP contribution is -1.90. The first-order chi connectivity index (χ1) is 6.74. The molecule has 1 aromatic carbocycles. The zero-order valence-electron chi connectivity index (χ0n) is 7.09. The molecule has 0 fully saturated rings. The van der Waals surface area contributed by atoms with Gasteiger partial charge in [0.15, 0.2) is 5.83 Å². The van der Waals surface area contributed by atoms with Gasteiger partial charge >= 0.3 is 0 Å². The summed E-state index contributed by atoms with van der Waals surface area (Å²) in [6.45, 7) is 0. The molecule has 14 heavy (non-hydrogen) atoms. The largest absolute Gasteiger partial charge is 0.284 e. The molecular formula is C9H6FN3O. The second kappa shape index (κ2) is 4.79. The van der Waals surface area contributed by atoms with E-state index in [0.717, 1.165) is 6.08 Å². The number of azide groups is 1. The first-order valence-corrected chi connectivity index (χ1v) is 3.75. The third kappa shape index (κ3) is 2.73. The predicted octanol–water partition coefficient (Wildman–Crippen LogP) is 2.83. The van der Waals surface area contributed by atoms with Crippen LogP contribution < -0.4 is 0 Å². The smallest absolute Gasteiger partial charge is 0.277 e. The highest BCUT2D eigenvalue weighted by molar-refractivity contribution is 5.96. The van der Waals surface area contributed by atoms with E-state index in [1.165, 1.54) is 0 Å². The molecule has 0 spiro atoms. The van der Waals surface area contributed by atoms with Crippen molar-refractivity contribution in [2.45, 2.75) is 0 Å². The molecule has 0 aliphatic carbocycles. The van der Waals surface area contributed by atoms with E-state index in [2.05, 4.69) is 10.0 Å². The van der Waals surface area contributed by atoms with E-state index in [9.17, 15) is 9.18 Å². The molecule has 0 bridgehead atoms. The molecule has 0 N–H and O–H groups in total. The second-order valence-electron chi connectivity index (χ2n) is 2.40. The summed E-state index contributed by atoms with van der Waals surface area (Å²) in [7, 11) is 0. The van der Waals surface area contributed by atoms with E-state index in [1.807, 2.05) is 0 Å². The van der Waals surface area contributed by atoms with Crippen molar-refractivity contribution in [3.63, 3.8) is 0 Å². The van der Waals surface area contributed by atoms with E-state index < -0.39 is 11.7 Å². The number of halogens is 1. The van der Waals surface area contributed by atoms with Gasteiger partial charge in [0.05, 0.1) is 0 Å². The van der Waals surface area contributed by atoms with E-state index >= 15 is 0 Å². The fourth-order valence-electron chi connectivity index (χ4n) is 0.846. The number of amides is 1. The summed E-state index contributed by atoms with van der Waals surface area (Å²) < 4.78 is 12.9. The Kier molecular flexibility index (Phi) is 3.41. The number of rotatable bonds is 2. The monoisotopic (exact) mass is 191 g/mol. The van der Waals surface area contributed by atoms with Gasteiger partial charge in [0.25, 0.3) is 5.91 Å². The highest BCUT2D eigenvalue weighted by atomic mass is 19.1. The lowest BCUT2D eigenvalue weighted by molar-refractivity contribution is -0.115. The molecule has 70 valence electrons. The van der Waals surface area contributed by atoms with Crippen LogP contribution in [-0.2, 0) is 4.79 Å².